The standard InChI is InChI=1S/C10H12FNO2.ClH/c1-7(13)14-9-4-2-3-8(5-9)10(12)6-11;/h2-5,10H,6,12H2,1H3;1H/t10-;/m1./s1. The van der Waals surface area contributed by atoms with E-state index in [9.17, 15) is 9.18 Å². The second-order valence-electron chi connectivity index (χ2n) is 2.93. The molecule has 0 fully saturated rings. The molecule has 0 spiro atoms. The molecule has 0 heterocycles. The van der Waals surface area contributed by atoms with Gasteiger partial charge in [-0.1, -0.05) is 12.1 Å². The first-order valence-electron chi connectivity index (χ1n) is 4.23. The SMILES string of the molecule is CC(=O)Oc1cccc([C@H](N)CF)c1.Cl. The van der Waals surface area contributed by atoms with Crippen LogP contribution < -0.4 is 10.5 Å². The Balaban J connectivity index is 0.00000196. The summed E-state index contributed by atoms with van der Waals surface area (Å²) < 4.78 is 17.1. The lowest BCUT2D eigenvalue weighted by Crippen LogP contribution is -2.12. The van der Waals surface area contributed by atoms with E-state index >= 15 is 0 Å². The van der Waals surface area contributed by atoms with Crippen LogP contribution in [0.2, 0.25) is 0 Å². The molecule has 1 aromatic rings. The number of carbonyl (C=O) groups excluding carboxylic acids is 1. The van der Waals surface area contributed by atoms with Crippen molar-refractivity contribution in [3.8, 4) is 5.75 Å². The number of hydrogen-bond acceptors (Lipinski definition) is 3. The molecule has 1 atom stereocenters. The minimum Gasteiger partial charge on any atom is -0.427 e. The quantitative estimate of drug-likeness (QED) is 0.642. The zero-order chi connectivity index (χ0) is 10.6. The van der Waals surface area contributed by atoms with Crippen molar-refractivity contribution < 1.29 is 13.9 Å². The molecule has 0 aliphatic heterocycles. The molecule has 0 aliphatic rings. The van der Waals surface area contributed by atoms with Crippen LogP contribution in [0.5, 0.6) is 5.75 Å². The van der Waals surface area contributed by atoms with Crippen molar-refractivity contribution >= 4 is 18.4 Å². The first-order valence-corrected chi connectivity index (χ1v) is 4.23. The van der Waals surface area contributed by atoms with Crippen molar-refractivity contribution in [3.05, 3.63) is 29.8 Å². The third-order valence-corrected chi connectivity index (χ3v) is 1.71. The van der Waals surface area contributed by atoms with Gasteiger partial charge in [0.25, 0.3) is 0 Å². The van der Waals surface area contributed by atoms with E-state index in [0.29, 0.717) is 11.3 Å². The van der Waals surface area contributed by atoms with Crippen molar-refractivity contribution in [2.45, 2.75) is 13.0 Å². The fraction of sp³-hybridized carbons (Fsp3) is 0.300. The molecule has 1 aromatic carbocycles. The lowest BCUT2D eigenvalue weighted by molar-refractivity contribution is -0.131. The summed E-state index contributed by atoms with van der Waals surface area (Å²) in [7, 11) is 0. The zero-order valence-electron chi connectivity index (χ0n) is 8.27. The van der Waals surface area contributed by atoms with Gasteiger partial charge in [0.1, 0.15) is 12.4 Å². The summed E-state index contributed by atoms with van der Waals surface area (Å²) in [5, 5.41) is 0. The van der Waals surface area contributed by atoms with Crippen LogP contribution in [-0.4, -0.2) is 12.6 Å². The number of halogens is 2. The number of carbonyl (C=O) groups is 1. The summed E-state index contributed by atoms with van der Waals surface area (Å²) in [6.07, 6.45) is 0. The largest absolute Gasteiger partial charge is 0.427 e. The molecule has 2 N–H and O–H groups in total. The summed E-state index contributed by atoms with van der Waals surface area (Å²) in [6.45, 7) is 0.672. The summed E-state index contributed by atoms with van der Waals surface area (Å²) >= 11 is 0. The minimum atomic E-state index is -0.662. The molecule has 0 amide bonds. The van der Waals surface area contributed by atoms with Gasteiger partial charge < -0.3 is 10.5 Å². The van der Waals surface area contributed by atoms with Crippen LogP contribution in [0.25, 0.3) is 0 Å². The first kappa shape index (κ1) is 13.9. The van der Waals surface area contributed by atoms with Gasteiger partial charge in [-0.2, -0.15) is 0 Å². The van der Waals surface area contributed by atoms with Gasteiger partial charge in [-0.25, -0.2) is 4.39 Å². The highest BCUT2D eigenvalue weighted by Crippen LogP contribution is 2.18. The van der Waals surface area contributed by atoms with E-state index in [-0.39, 0.29) is 12.4 Å². The first-order chi connectivity index (χ1) is 6.63. The summed E-state index contributed by atoms with van der Waals surface area (Å²) in [5.41, 5.74) is 6.10. The average Bonchev–Trinajstić information content (AvgIpc) is 2.16. The van der Waals surface area contributed by atoms with Crippen LogP contribution in [0, 0.1) is 0 Å². The van der Waals surface area contributed by atoms with Gasteiger partial charge in [0, 0.05) is 6.92 Å². The lowest BCUT2D eigenvalue weighted by Gasteiger charge is -2.08. The van der Waals surface area contributed by atoms with Crippen LogP contribution in [0.4, 0.5) is 4.39 Å². The molecule has 15 heavy (non-hydrogen) atoms. The van der Waals surface area contributed by atoms with Crippen molar-refractivity contribution in [1.29, 1.82) is 0 Å². The fourth-order valence-electron chi connectivity index (χ4n) is 1.06. The summed E-state index contributed by atoms with van der Waals surface area (Å²) in [5.74, 6) is -0.0186. The Morgan fingerprint density at radius 2 is 2.27 bits per heavy atom. The second-order valence-corrected chi connectivity index (χ2v) is 2.93. The highest BCUT2D eigenvalue weighted by molar-refractivity contribution is 5.85. The number of alkyl halides is 1. The van der Waals surface area contributed by atoms with Gasteiger partial charge in [0.05, 0.1) is 6.04 Å². The van der Waals surface area contributed by atoms with E-state index < -0.39 is 18.7 Å². The number of benzene rings is 1. The van der Waals surface area contributed by atoms with Crippen LogP contribution in [0.3, 0.4) is 0 Å². The Morgan fingerprint density at radius 3 is 2.80 bits per heavy atom. The molecule has 84 valence electrons. The Bertz CT molecular complexity index is 333. The van der Waals surface area contributed by atoms with E-state index in [1.165, 1.54) is 6.92 Å². The van der Waals surface area contributed by atoms with Gasteiger partial charge >= 0.3 is 5.97 Å². The Morgan fingerprint density at radius 1 is 1.60 bits per heavy atom. The molecule has 5 heteroatoms. The molecule has 0 radical (unpaired) electrons. The molecule has 0 saturated carbocycles. The smallest absolute Gasteiger partial charge is 0.308 e. The second kappa shape index (κ2) is 6.37. The maximum atomic E-state index is 12.2. The third kappa shape index (κ3) is 4.27. The summed E-state index contributed by atoms with van der Waals surface area (Å²) in [6, 6.07) is 5.88. The normalized spacial score (nSPS) is 11.4. The summed E-state index contributed by atoms with van der Waals surface area (Å²) in [4.78, 5) is 10.6. The maximum Gasteiger partial charge on any atom is 0.308 e. The lowest BCUT2D eigenvalue weighted by atomic mass is 10.1. The number of nitrogens with two attached hydrogens (primary N) is 1. The number of ether oxygens (including phenoxy) is 1. The molecule has 0 bridgehead atoms. The molecular formula is C10H13ClFNO2. The maximum absolute atomic E-state index is 12.2. The van der Waals surface area contributed by atoms with Crippen molar-refractivity contribution in [1.82, 2.24) is 0 Å². The van der Waals surface area contributed by atoms with E-state index in [1.807, 2.05) is 0 Å². The molecule has 0 saturated heterocycles. The van der Waals surface area contributed by atoms with Crippen LogP contribution in [0.15, 0.2) is 24.3 Å². The van der Waals surface area contributed by atoms with E-state index in [1.54, 1.807) is 24.3 Å². The zero-order valence-corrected chi connectivity index (χ0v) is 9.09. The van der Waals surface area contributed by atoms with Gasteiger partial charge in [-0.3, -0.25) is 4.79 Å². The molecule has 0 aliphatic carbocycles. The predicted molar refractivity (Wildman–Crippen MR) is 57.9 cm³/mol. The predicted octanol–water partition coefficient (Wildman–Crippen LogP) is 2.00. The number of esters is 1. The molecule has 1 rings (SSSR count). The van der Waals surface area contributed by atoms with Crippen LogP contribution in [-0.2, 0) is 4.79 Å². The van der Waals surface area contributed by atoms with Gasteiger partial charge in [-0.05, 0) is 17.7 Å². The van der Waals surface area contributed by atoms with E-state index in [0.717, 1.165) is 0 Å². The Hall–Kier alpha value is -1.13. The van der Waals surface area contributed by atoms with Crippen LogP contribution >= 0.6 is 12.4 Å². The highest BCUT2D eigenvalue weighted by atomic mass is 35.5. The van der Waals surface area contributed by atoms with Crippen LogP contribution in [0.1, 0.15) is 18.5 Å². The highest BCUT2D eigenvalue weighted by Gasteiger charge is 2.06. The van der Waals surface area contributed by atoms with E-state index in [4.69, 9.17) is 10.5 Å². The molecular weight excluding hydrogens is 221 g/mol. The van der Waals surface area contributed by atoms with Crippen molar-refractivity contribution in [2.75, 3.05) is 6.67 Å². The number of hydrogen-bond donors (Lipinski definition) is 1. The molecule has 0 aromatic heterocycles. The topological polar surface area (TPSA) is 52.3 Å². The molecule has 3 nitrogen and oxygen atoms in total. The van der Waals surface area contributed by atoms with Crippen molar-refractivity contribution in [2.24, 2.45) is 5.73 Å². The fourth-order valence-corrected chi connectivity index (χ4v) is 1.06. The van der Waals surface area contributed by atoms with Gasteiger partial charge in [0.2, 0.25) is 0 Å². The van der Waals surface area contributed by atoms with Gasteiger partial charge in [-0.15, -0.1) is 12.4 Å². The number of rotatable bonds is 3. The monoisotopic (exact) mass is 233 g/mol. The third-order valence-electron chi connectivity index (χ3n) is 1.71. The Kier molecular flexibility index (Phi) is 5.89. The van der Waals surface area contributed by atoms with Crippen molar-refractivity contribution in [3.63, 3.8) is 0 Å². The average molecular weight is 234 g/mol. The minimum absolute atomic E-state index is 0. The van der Waals surface area contributed by atoms with Gasteiger partial charge in [0.15, 0.2) is 0 Å². The Labute approximate surface area is 93.8 Å². The van der Waals surface area contributed by atoms with E-state index in [2.05, 4.69) is 0 Å². The molecule has 0 unspecified atom stereocenters.